The summed E-state index contributed by atoms with van der Waals surface area (Å²) in [5.41, 5.74) is -3.80. The number of hydrogen-bond donors (Lipinski definition) is 2. The van der Waals surface area contributed by atoms with E-state index in [1.54, 1.807) is 0 Å². The molecule has 2 N–H and O–H groups in total. The third-order valence-corrected chi connectivity index (χ3v) is 3.78. The van der Waals surface area contributed by atoms with Crippen LogP contribution in [-0.2, 0) is 21.9 Å². The fourth-order valence-electron chi connectivity index (χ4n) is 2.37. The van der Waals surface area contributed by atoms with Crippen LogP contribution in [0.15, 0.2) is 18.2 Å². The van der Waals surface area contributed by atoms with E-state index in [9.17, 15) is 35.9 Å². The van der Waals surface area contributed by atoms with Gasteiger partial charge in [0, 0.05) is 5.69 Å². The Bertz CT molecular complexity index is 635. The fourth-order valence-corrected chi connectivity index (χ4v) is 2.37. The second kappa shape index (κ2) is 5.99. The molecule has 0 radical (unpaired) electrons. The van der Waals surface area contributed by atoms with Gasteiger partial charge >= 0.3 is 18.3 Å². The number of carbonyl (C=O) groups is 2. The summed E-state index contributed by atoms with van der Waals surface area (Å²) in [5.74, 6) is -4.12. The van der Waals surface area contributed by atoms with E-state index in [1.165, 1.54) is 0 Å². The molecule has 132 valence electrons. The second-order valence-corrected chi connectivity index (χ2v) is 5.41. The van der Waals surface area contributed by atoms with Crippen molar-refractivity contribution in [3.63, 3.8) is 0 Å². The maximum Gasteiger partial charge on any atom is 0.416 e. The topological polar surface area (TPSA) is 66.4 Å². The normalized spacial score (nSPS) is 21.1. The van der Waals surface area contributed by atoms with Crippen molar-refractivity contribution in [3.8, 4) is 0 Å². The number of carbonyl (C=O) groups excluding carboxylic acids is 1. The summed E-state index contributed by atoms with van der Waals surface area (Å²) in [5, 5.41) is 10.8. The van der Waals surface area contributed by atoms with Crippen molar-refractivity contribution in [1.82, 2.24) is 0 Å². The lowest BCUT2D eigenvalue weighted by atomic mass is 9.73. The predicted octanol–water partition coefficient (Wildman–Crippen LogP) is 3.77. The molecule has 0 aromatic heterocycles. The number of alkyl halides is 6. The lowest BCUT2D eigenvalue weighted by Gasteiger charge is -2.32. The number of amides is 1. The molecule has 1 aliphatic rings. The molecule has 1 amide bonds. The lowest BCUT2D eigenvalue weighted by molar-refractivity contribution is -0.151. The third kappa shape index (κ3) is 3.80. The first kappa shape index (κ1) is 18.1. The minimum absolute atomic E-state index is 0.0565. The summed E-state index contributed by atoms with van der Waals surface area (Å²) in [6.45, 7) is 0. The van der Waals surface area contributed by atoms with Gasteiger partial charge in [-0.25, -0.2) is 0 Å². The van der Waals surface area contributed by atoms with Gasteiger partial charge < -0.3 is 10.4 Å². The fraction of sp³-hybridized carbons (Fsp3) is 0.429. The molecule has 10 heteroatoms. The van der Waals surface area contributed by atoms with E-state index in [1.807, 2.05) is 5.32 Å². The molecule has 0 heterocycles. The smallest absolute Gasteiger partial charge is 0.416 e. The van der Waals surface area contributed by atoms with Crippen molar-refractivity contribution in [2.24, 2.45) is 11.8 Å². The predicted molar refractivity (Wildman–Crippen MR) is 68.9 cm³/mol. The van der Waals surface area contributed by atoms with Gasteiger partial charge in [-0.3, -0.25) is 9.59 Å². The molecule has 1 saturated carbocycles. The number of nitrogens with one attached hydrogen (secondary N) is 1. The highest BCUT2D eigenvalue weighted by Gasteiger charge is 2.42. The van der Waals surface area contributed by atoms with Crippen LogP contribution in [0, 0.1) is 11.8 Å². The zero-order valence-electron chi connectivity index (χ0n) is 11.8. The van der Waals surface area contributed by atoms with Crippen molar-refractivity contribution in [2.75, 3.05) is 5.32 Å². The highest BCUT2D eigenvalue weighted by Crippen LogP contribution is 2.39. The van der Waals surface area contributed by atoms with Gasteiger partial charge in [-0.15, -0.1) is 0 Å². The number of hydrogen-bond acceptors (Lipinski definition) is 2. The molecule has 0 aliphatic heterocycles. The Labute approximate surface area is 131 Å². The van der Waals surface area contributed by atoms with Crippen molar-refractivity contribution < 1.29 is 41.0 Å². The maximum absolute atomic E-state index is 12.7. The summed E-state index contributed by atoms with van der Waals surface area (Å²) >= 11 is 0. The largest absolute Gasteiger partial charge is 0.481 e. The summed E-state index contributed by atoms with van der Waals surface area (Å²) < 4.78 is 76.3. The first-order valence-corrected chi connectivity index (χ1v) is 6.72. The van der Waals surface area contributed by atoms with Crippen LogP contribution >= 0.6 is 0 Å². The first-order valence-electron chi connectivity index (χ1n) is 6.72. The first-order chi connectivity index (χ1) is 10.9. The van der Waals surface area contributed by atoms with Crippen molar-refractivity contribution in [3.05, 3.63) is 29.3 Å². The SMILES string of the molecule is O=C(Nc1cc(C(F)(F)F)cc(C(F)(F)F)c1)[C@H]1CC[C@H]1C(=O)O. The molecular formula is C14H11F6NO3. The Balaban J connectivity index is 2.29. The standard InChI is InChI=1S/C14H11F6NO3/c15-13(16,17)6-3-7(14(18,19)20)5-8(4-6)21-11(22)9-1-2-10(9)12(23)24/h3-5,9-10H,1-2H2,(H,21,22)(H,23,24)/t9-,10+/m0/s1. The second-order valence-electron chi connectivity index (χ2n) is 5.41. The average molecular weight is 355 g/mol. The van der Waals surface area contributed by atoms with E-state index in [4.69, 9.17) is 5.11 Å². The summed E-state index contributed by atoms with van der Waals surface area (Å²) in [6, 6.07) is 0.697. The molecule has 1 aliphatic carbocycles. The van der Waals surface area contributed by atoms with Crippen LogP contribution < -0.4 is 5.32 Å². The number of anilines is 1. The molecule has 2 rings (SSSR count). The van der Waals surface area contributed by atoms with Gasteiger partial charge in [0.05, 0.1) is 23.0 Å². The van der Waals surface area contributed by atoms with Crippen LogP contribution in [-0.4, -0.2) is 17.0 Å². The monoisotopic (exact) mass is 355 g/mol. The van der Waals surface area contributed by atoms with Gasteiger partial charge in [-0.05, 0) is 31.0 Å². The molecule has 4 nitrogen and oxygen atoms in total. The van der Waals surface area contributed by atoms with Crippen LogP contribution in [0.4, 0.5) is 32.0 Å². The molecule has 24 heavy (non-hydrogen) atoms. The third-order valence-electron chi connectivity index (χ3n) is 3.78. The van der Waals surface area contributed by atoms with Crippen LogP contribution in [0.5, 0.6) is 0 Å². The molecule has 2 atom stereocenters. The Hall–Kier alpha value is -2.26. The number of carboxylic acid groups (broad SMARTS) is 1. The van der Waals surface area contributed by atoms with Gasteiger partial charge in [0.1, 0.15) is 0 Å². The molecule has 0 spiro atoms. The minimum atomic E-state index is -5.03. The van der Waals surface area contributed by atoms with Crippen LogP contribution in [0.3, 0.4) is 0 Å². The Kier molecular flexibility index (Phi) is 4.51. The number of carboxylic acids is 1. The van der Waals surface area contributed by atoms with Crippen molar-refractivity contribution >= 4 is 17.6 Å². The molecule has 1 aromatic carbocycles. The van der Waals surface area contributed by atoms with E-state index < -0.39 is 52.9 Å². The summed E-state index contributed by atoms with van der Waals surface area (Å²) in [7, 11) is 0. The molecular weight excluding hydrogens is 344 g/mol. The average Bonchev–Trinajstić information content (AvgIpc) is 2.33. The Morgan fingerprint density at radius 2 is 1.38 bits per heavy atom. The van der Waals surface area contributed by atoms with Gasteiger partial charge in [0.25, 0.3) is 0 Å². The van der Waals surface area contributed by atoms with E-state index >= 15 is 0 Å². The van der Waals surface area contributed by atoms with Crippen molar-refractivity contribution in [1.29, 1.82) is 0 Å². The highest BCUT2D eigenvalue weighted by molar-refractivity contribution is 5.96. The van der Waals surface area contributed by atoms with Gasteiger partial charge in [0.15, 0.2) is 0 Å². The molecule has 0 saturated heterocycles. The molecule has 1 aromatic rings. The summed E-state index contributed by atoms with van der Waals surface area (Å²) in [4.78, 5) is 22.7. The van der Waals surface area contributed by atoms with E-state index in [2.05, 4.69) is 0 Å². The highest BCUT2D eigenvalue weighted by atomic mass is 19.4. The zero-order valence-corrected chi connectivity index (χ0v) is 11.8. The van der Waals surface area contributed by atoms with Crippen LogP contribution in [0.2, 0.25) is 0 Å². The number of benzene rings is 1. The summed E-state index contributed by atoms with van der Waals surface area (Å²) in [6.07, 6.45) is -9.63. The lowest BCUT2D eigenvalue weighted by Crippen LogP contribution is -2.41. The Morgan fingerprint density at radius 1 is 0.917 bits per heavy atom. The zero-order chi connectivity index (χ0) is 18.3. The van der Waals surface area contributed by atoms with Crippen LogP contribution in [0.1, 0.15) is 24.0 Å². The maximum atomic E-state index is 12.7. The van der Waals surface area contributed by atoms with E-state index in [0.717, 1.165) is 0 Å². The van der Waals surface area contributed by atoms with Crippen LogP contribution in [0.25, 0.3) is 0 Å². The molecule has 0 bridgehead atoms. The molecule has 1 fully saturated rings. The quantitative estimate of drug-likeness (QED) is 0.811. The van der Waals surface area contributed by atoms with Gasteiger partial charge in [-0.1, -0.05) is 0 Å². The minimum Gasteiger partial charge on any atom is -0.481 e. The van der Waals surface area contributed by atoms with E-state index in [0.29, 0.717) is 12.1 Å². The Morgan fingerprint density at radius 3 is 1.71 bits per heavy atom. The molecule has 0 unspecified atom stereocenters. The number of aliphatic carboxylic acids is 1. The number of halogens is 6. The van der Waals surface area contributed by atoms with Crippen molar-refractivity contribution in [2.45, 2.75) is 25.2 Å². The van der Waals surface area contributed by atoms with Gasteiger partial charge in [0.2, 0.25) is 5.91 Å². The van der Waals surface area contributed by atoms with E-state index in [-0.39, 0.29) is 18.9 Å². The van der Waals surface area contributed by atoms with Gasteiger partial charge in [-0.2, -0.15) is 26.3 Å². The number of rotatable bonds is 3.